The van der Waals surface area contributed by atoms with Crippen LogP contribution in [0.5, 0.6) is 5.75 Å². The first-order valence-electron chi connectivity index (χ1n) is 14.6. The number of nitrogens with zero attached hydrogens (tertiary/aromatic N) is 3. The van der Waals surface area contributed by atoms with E-state index in [1.165, 1.54) is 24.3 Å². The van der Waals surface area contributed by atoms with Gasteiger partial charge in [-0.3, -0.25) is 0 Å². The number of phenolic OH excluding ortho intramolecular Hbond substituents is 1. The predicted molar refractivity (Wildman–Crippen MR) is 171 cm³/mol. The topological polar surface area (TPSA) is 75.4 Å². The van der Waals surface area contributed by atoms with E-state index in [0.717, 1.165) is 46.4 Å². The quantitative estimate of drug-likeness (QED) is 0.184. The minimum absolute atomic E-state index is 0.0241. The van der Waals surface area contributed by atoms with Crippen molar-refractivity contribution < 1.29 is 13.5 Å². The largest absolute Gasteiger partial charge is 0.508 e. The molecular formula is C34H31Cl2N3O3S. The van der Waals surface area contributed by atoms with Gasteiger partial charge in [-0.2, -0.15) is 4.31 Å². The van der Waals surface area contributed by atoms with Gasteiger partial charge >= 0.3 is 0 Å². The van der Waals surface area contributed by atoms with Gasteiger partial charge in [-0.15, -0.1) is 0 Å². The summed E-state index contributed by atoms with van der Waals surface area (Å²) in [4.78, 5) is 5.32. The highest BCUT2D eigenvalue weighted by atomic mass is 35.5. The lowest BCUT2D eigenvalue weighted by Crippen LogP contribution is -2.39. The average molecular weight is 633 g/mol. The van der Waals surface area contributed by atoms with E-state index in [9.17, 15) is 13.5 Å². The van der Waals surface area contributed by atoms with Gasteiger partial charge in [-0.05, 0) is 103 Å². The van der Waals surface area contributed by atoms with Gasteiger partial charge in [0.05, 0.1) is 15.9 Å². The van der Waals surface area contributed by atoms with Crippen molar-refractivity contribution in [2.75, 3.05) is 13.1 Å². The number of aromatic hydroxyl groups is 1. The zero-order valence-electron chi connectivity index (χ0n) is 23.4. The van der Waals surface area contributed by atoms with Crippen LogP contribution in [0, 0.1) is 0 Å². The first-order chi connectivity index (χ1) is 20.8. The molecule has 0 spiro atoms. The molecule has 0 radical (unpaired) electrons. The molecule has 1 saturated carbocycles. The lowest BCUT2D eigenvalue weighted by molar-refractivity contribution is 0.274. The number of benzene rings is 4. The molecule has 220 valence electrons. The molecule has 1 aliphatic heterocycles. The molecule has 0 unspecified atom stereocenters. The van der Waals surface area contributed by atoms with Crippen LogP contribution in [0.3, 0.4) is 0 Å². The van der Waals surface area contributed by atoms with E-state index in [2.05, 4.69) is 47.0 Å². The van der Waals surface area contributed by atoms with Gasteiger partial charge in [-0.25, -0.2) is 13.4 Å². The van der Waals surface area contributed by atoms with Crippen LogP contribution in [0.1, 0.15) is 66.1 Å². The second-order valence-corrected chi connectivity index (χ2v) is 14.3. The van der Waals surface area contributed by atoms with Crippen LogP contribution in [0.25, 0.3) is 11.0 Å². The van der Waals surface area contributed by atoms with Crippen LogP contribution in [0.15, 0.2) is 95.9 Å². The monoisotopic (exact) mass is 631 g/mol. The molecule has 2 fully saturated rings. The highest BCUT2D eigenvalue weighted by molar-refractivity contribution is 7.89. The minimum Gasteiger partial charge on any atom is -0.508 e. The third kappa shape index (κ3) is 5.55. The predicted octanol–water partition coefficient (Wildman–Crippen LogP) is 8.13. The molecule has 2 heterocycles. The maximum absolute atomic E-state index is 13.3. The Kier molecular flexibility index (Phi) is 7.46. The fraction of sp³-hybridized carbons (Fsp3) is 0.265. The Morgan fingerprint density at radius 3 is 1.86 bits per heavy atom. The molecule has 4 aromatic carbocycles. The molecule has 0 bridgehead atoms. The molecule has 1 aromatic heterocycles. The average Bonchev–Trinajstić information content (AvgIpc) is 3.79. The number of rotatable bonds is 7. The smallest absolute Gasteiger partial charge is 0.243 e. The van der Waals surface area contributed by atoms with Crippen molar-refractivity contribution >= 4 is 44.3 Å². The van der Waals surface area contributed by atoms with Crippen molar-refractivity contribution in [1.29, 1.82) is 0 Å². The molecule has 1 aliphatic carbocycles. The van der Waals surface area contributed by atoms with Gasteiger partial charge in [-0.1, -0.05) is 53.5 Å². The number of imidazole rings is 1. The first-order valence-corrected chi connectivity index (χ1v) is 16.8. The molecule has 9 heteroatoms. The fourth-order valence-corrected chi connectivity index (χ4v) is 8.04. The van der Waals surface area contributed by atoms with Crippen molar-refractivity contribution in [2.45, 2.75) is 48.5 Å². The minimum atomic E-state index is -3.63. The maximum atomic E-state index is 13.3. The summed E-state index contributed by atoms with van der Waals surface area (Å²) in [5.41, 5.74) is 5.47. The third-order valence-corrected chi connectivity index (χ3v) is 11.1. The summed E-state index contributed by atoms with van der Waals surface area (Å²) in [7, 11) is -3.63. The van der Waals surface area contributed by atoms with Crippen molar-refractivity contribution in [2.24, 2.45) is 0 Å². The SMILES string of the molecule is O=S(=O)(c1ccc(O)cc1)N1CCC(n2c(C3CC3)nc3ccc(C(c4ccc(Cl)cc4)c4ccc(Cl)cc4)cc32)CC1. The van der Waals surface area contributed by atoms with Crippen molar-refractivity contribution in [3.05, 3.63) is 124 Å². The highest BCUT2D eigenvalue weighted by Gasteiger charge is 2.35. The van der Waals surface area contributed by atoms with Crippen molar-refractivity contribution in [3.8, 4) is 5.75 Å². The number of halogens is 2. The van der Waals surface area contributed by atoms with Crippen molar-refractivity contribution in [1.82, 2.24) is 13.9 Å². The summed E-state index contributed by atoms with van der Waals surface area (Å²) < 4.78 is 30.6. The van der Waals surface area contributed by atoms with E-state index < -0.39 is 10.0 Å². The molecule has 2 aliphatic rings. The molecule has 43 heavy (non-hydrogen) atoms. The van der Waals surface area contributed by atoms with Crippen LogP contribution in [-0.4, -0.2) is 40.5 Å². The van der Waals surface area contributed by atoms with Crippen LogP contribution in [-0.2, 0) is 10.0 Å². The van der Waals surface area contributed by atoms with Gasteiger partial charge in [0.2, 0.25) is 10.0 Å². The van der Waals surface area contributed by atoms with E-state index in [1.54, 1.807) is 4.31 Å². The molecule has 0 atom stereocenters. The second kappa shape index (κ2) is 11.3. The summed E-state index contributed by atoms with van der Waals surface area (Å²) in [5.74, 6) is 1.58. The summed E-state index contributed by atoms with van der Waals surface area (Å²) in [6, 6.07) is 28.4. The lowest BCUT2D eigenvalue weighted by Gasteiger charge is -2.33. The standard InChI is InChI=1S/C34H31Cl2N3O3S/c35-26-8-3-22(4-9-26)33(23-5-10-27(36)11-6-23)25-7-16-31-32(21-25)39(34(37-31)24-1-2-24)28-17-19-38(20-18-28)43(41,42)30-14-12-29(40)13-15-30/h3-16,21,24,28,33,40H,1-2,17-20H2. The number of piperidine rings is 1. The molecule has 7 rings (SSSR count). The normalized spacial score (nSPS) is 16.7. The Morgan fingerprint density at radius 2 is 1.30 bits per heavy atom. The molecule has 0 amide bonds. The highest BCUT2D eigenvalue weighted by Crippen LogP contribution is 2.44. The summed E-state index contributed by atoms with van der Waals surface area (Å²) in [6.07, 6.45) is 3.65. The fourth-order valence-electron chi connectivity index (χ4n) is 6.32. The Labute approximate surface area is 261 Å². The van der Waals surface area contributed by atoms with E-state index in [0.29, 0.717) is 41.9 Å². The number of phenols is 1. The molecule has 6 nitrogen and oxygen atoms in total. The zero-order valence-corrected chi connectivity index (χ0v) is 25.7. The summed E-state index contributed by atoms with van der Waals surface area (Å²) in [6.45, 7) is 0.852. The van der Waals surface area contributed by atoms with E-state index in [1.807, 2.05) is 24.3 Å². The maximum Gasteiger partial charge on any atom is 0.243 e. The van der Waals surface area contributed by atoms with Crippen LogP contribution >= 0.6 is 23.2 Å². The van der Waals surface area contributed by atoms with Crippen LogP contribution < -0.4 is 0 Å². The van der Waals surface area contributed by atoms with Gasteiger partial charge in [0.15, 0.2) is 0 Å². The Bertz CT molecular complexity index is 1830. The van der Waals surface area contributed by atoms with Gasteiger partial charge < -0.3 is 9.67 Å². The zero-order chi connectivity index (χ0) is 29.7. The number of fused-ring (bicyclic) bond motifs is 1. The number of sulfonamides is 1. The number of aromatic nitrogens is 2. The molecule has 1 N–H and O–H groups in total. The Balaban J connectivity index is 1.25. The molecule has 1 saturated heterocycles. The van der Waals surface area contributed by atoms with Gasteiger partial charge in [0, 0.05) is 41.0 Å². The Morgan fingerprint density at radius 1 is 0.744 bits per heavy atom. The summed E-state index contributed by atoms with van der Waals surface area (Å²) in [5, 5.41) is 11.0. The lowest BCUT2D eigenvalue weighted by atomic mass is 9.85. The number of hydrogen-bond acceptors (Lipinski definition) is 4. The summed E-state index contributed by atoms with van der Waals surface area (Å²) >= 11 is 12.5. The van der Waals surface area contributed by atoms with Crippen molar-refractivity contribution in [3.63, 3.8) is 0 Å². The third-order valence-electron chi connectivity index (χ3n) is 8.69. The molecular weight excluding hydrogens is 601 g/mol. The van der Waals surface area contributed by atoms with Gasteiger partial charge in [0.1, 0.15) is 11.6 Å². The van der Waals surface area contributed by atoms with Crippen LogP contribution in [0.4, 0.5) is 0 Å². The van der Waals surface area contributed by atoms with E-state index in [-0.39, 0.29) is 22.6 Å². The van der Waals surface area contributed by atoms with Gasteiger partial charge in [0.25, 0.3) is 0 Å². The van der Waals surface area contributed by atoms with Crippen LogP contribution in [0.2, 0.25) is 10.0 Å². The van der Waals surface area contributed by atoms with E-state index in [4.69, 9.17) is 28.2 Å². The second-order valence-electron chi connectivity index (χ2n) is 11.5. The molecule has 5 aromatic rings. The first kappa shape index (κ1) is 28.4. The Hall–Kier alpha value is -3.36. The van der Waals surface area contributed by atoms with E-state index >= 15 is 0 Å². The number of hydrogen-bond donors (Lipinski definition) is 1.